The lowest BCUT2D eigenvalue weighted by Crippen LogP contribution is -2.24. The summed E-state index contributed by atoms with van der Waals surface area (Å²) in [4.78, 5) is 9.86. The van der Waals surface area contributed by atoms with Gasteiger partial charge in [-0.05, 0) is 122 Å². The molecule has 314 valence electrons. The summed E-state index contributed by atoms with van der Waals surface area (Å²) in [7, 11) is 0. The highest BCUT2D eigenvalue weighted by Gasteiger charge is 2.31. The van der Waals surface area contributed by atoms with E-state index in [0.717, 1.165) is 45.0 Å². The highest BCUT2D eigenvalue weighted by molar-refractivity contribution is 6.09. The molecule has 0 saturated heterocycles. The van der Waals surface area contributed by atoms with Crippen LogP contribution in [-0.4, -0.2) is 16.2 Å². The molecule has 0 unspecified atom stereocenters. The van der Waals surface area contributed by atoms with E-state index in [9.17, 15) is 0 Å². The van der Waals surface area contributed by atoms with Crippen LogP contribution in [0.3, 0.4) is 0 Å². The molecular weight excluding hydrogens is 757 g/mol. The Balaban J connectivity index is 1.21. The monoisotopic (exact) mass is 816 g/mol. The van der Waals surface area contributed by atoms with Crippen molar-refractivity contribution >= 4 is 44.6 Å². The van der Waals surface area contributed by atoms with Gasteiger partial charge >= 0.3 is 0 Å². The molecule has 0 spiro atoms. The average Bonchev–Trinajstić information content (AvgIpc) is 3.78. The lowest BCUT2D eigenvalue weighted by molar-refractivity contribution is 0.483. The van der Waals surface area contributed by atoms with Crippen molar-refractivity contribution in [3.8, 4) is 28.4 Å². The normalized spacial score (nSPS) is 13.4. The quantitative estimate of drug-likeness (QED) is 0.160. The van der Waals surface area contributed by atoms with Crippen LogP contribution >= 0.6 is 0 Å². The van der Waals surface area contributed by atoms with E-state index in [-0.39, 0.29) is 16.2 Å². The van der Waals surface area contributed by atoms with Crippen molar-refractivity contribution in [1.29, 1.82) is 0 Å². The van der Waals surface area contributed by atoms with Gasteiger partial charge in [-0.2, -0.15) is 0 Å². The minimum absolute atomic E-state index is 0.0146. The molecule has 5 nitrogen and oxygen atoms in total. The van der Waals surface area contributed by atoms with Crippen LogP contribution in [0.15, 0.2) is 146 Å². The highest BCUT2D eigenvalue weighted by Crippen LogP contribution is 2.48. The standard InChI is InChI=1S/C57H60N4O/c1-37(2)46-19-12-13-20-47(46)38-29-43(60-36-59(42-18-16-17-39(31-42)55(3,4)5)51-26-23-40(32-53(51)60)56(6,7)8)34-45(30-38)62-44-24-25-49-48-21-14-15-22-50(48)61(52(49)35-44)54-33-41(27-28-58-54)57(9,10)11/h12-35,37H,36H2,1-11H3. The molecule has 0 N–H and O–H groups in total. The Kier molecular flexibility index (Phi) is 10.1. The zero-order chi connectivity index (χ0) is 43.7. The number of benzene rings is 6. The van der Waals surface area contributed by atoms with Crippen molar-refractivity contribution in [3.63, 3.8) is 0 Å². The van der Waals surface area contributed by atoms with E-state index in [1.807, 2.05) is 6.20 Å². The molecule has 6 aromatic carbocycles. The third kappa shape index (κ3) is 7.63. The minimum Gasteiger partial charge on any atom is -0.457 e. The Morgan fingerprint density at radius 2 is 1.19 bits per heavy atom. The lowest BCUT2D eigenvalue weighted by atomic mass is 9.86. The maximum Gasteiger partial charge on any atom is 0.137 e. The predicted molar refractivity (Wildman–Crippen MR) is 263 cm³/mol. The molecule has 0 aliphatic carbocycles. The van der Waals surface area contributed by atoms with Crippen LogP contribution < -0.4 is 14.5 Å². The first-order chi connectivity index (χ1) is 29.4. The summed E-state index contributed by atoms with van der Waals surface area (Å²) >= 11 is 0. The molecule has 0 fully saturated rings. The Hall–Kier alpha value is -6.33. The second-order valence-electron chi connectivity index (χ2n) is 20.5. The van der Waals surface area contributed by atoms with E-state index >= 15 is 0 Å². The molecule has 62 heavy (non-hydrogen) atoms. The van der Waals surface area contributed by atoms with Crippen LogP contribution in [0.25, 0.3) is 38.8 Å². The van der Waals surface area contributed by atoms with Crippen LogP contribution in [0, 0.1) is 0 Å². The number of nitrogens with zero attached hydrogens (tertiary/aromatic N) is 4. The third-order valence-electron chi connectivity index (χ3n) is 12.5. The van der Waals surface area contributed by atoms with Gasteiger partial charge in [-0.15, -0.1) is 0 Å². The first kappa shape index (κ1) is 41.0. The van der Waals surface area contributed by atoms with E-state index < -0.39 is 0 Å². The van der Waals surface area contributed by atoms with Gasteiger partial charge in [0.15, 0.2) is 0 Å². The first-order valence-electron chi connectivity index (χ1n) is 22.2. The number of fused-ring (bicyclic) bond motifs is 4. The maximum atomic E-state index is 7.07. The van der Waals surface area contributed by atoms with Gasteiger partial charge in [-0.25, -0.2) is 4.98 Å². The molecule has 0 atom stereocenters. The fourth-order valence-corrected chi connectivity index (χ4v) is 8.93. The van der Waals surface area contributed by atoms with Gasteiger partial charge in [0.1, 0.15) is 24.0 Å². The van der Waals surface area contributed by atoms with Crippen molar-refractivity contribution in [2.75, 3.05) is 16.5 Å². The van der Waals surface area contributed by atoms with Crippen molar-refractivity contribution < 1.29 is 4.74 Å². The van der Waals surface area contributed by atoms with E-state index in [4.69, 9.17) is 9.72 Å². The molecule has 9 rings (SSSR count). The van der Waals surface area contributed by atoms with Crippen molar-refractivity contribution in [2.24, 2.45) is 0 Å². The molecule has 0 saturated carbocycles. The number of pyridine rings is 1. The van der Waals surface area contributed by atoms with Crippen LogP contribution in [0.1, 0.15) is 104 Å². The van der Waals surface area contributed by atoms with Crippen molar-refractivity contribution in [1.82, 2.24) is 9.55 Å². The molecule has 0 bridgehead atoms. The second kappa shape index (κ2) is 15.2. The molecule has 8 aromatic rings. The van der Waals surface area contributed by atoms with Crippen LogP contribution in [-0.2, 0) is 16.2 Å². The van der Waals surface area contributed by atoms with Crippen LogP contribution in [0.5, 0.6) is 11.5 Å². The second-order valence-corrected chi connectivity index (χ2v) is 20.5. The van der Waals surface area contributed by atoms with Gasteiger partial charge in [0.25, 0.3) is 0 Å². The molecule has 5 heteroatoms. The number of ether oxygens (including phenoxy) is 1. The summed E-state index contributed by atoms with van der Waals surface area (Å²) in [5.74, 6) is 2.80. The van der Waals surface area contributed by atoms with Crippen molar-refractivity contribution in [3.05, 3.63) is 168 Å². The lowest BCUT2D eigenvalue weighted by Gasteiger charge is -2.26. The fraction of sp³-hybridized carbons (Fsp3) is 0.281. The smallest absolute Gasteiger partial charge is 0.137 e. The van der Waals surface area contributed by atoms with E-state index in [1.165, 1.54) is 50.3 Å². The molecule has 2 aromatic heterocycles. The third-order valence-corrected chi connectivity index (χ3v) is 12.5. The first-order valence-corrected chi connectivity index (χ1v) is 22.2. The Morgan fingerprint density at radius 3 is 1.95 bits per heavy atom. The number of hydrogen-bond donors (Lipinski definition) is 0. The molecule has 0 amide bonds. The van der Waals surface area contributed by atoms with Crippen LogP contribution in [0.2, 0.25) is 0 Å². The summed E-state index contributed by atoms with van der Waals surface area (Å²) in [6.07, 6.45) is 1.93. The number of hydrogen-bond acceptors (Lipinski definition) is 4. The van der Waals surface area contributed by atoms with Gasteiger partial charge in [0.2, 0.25) is 0 Å². The van der Waals surface area contributed by atoms with E-state index in [0.29, 0.717) is 12.6 Å². The SMILES string of the molecule is CC(C)c1ccccc1-c1cc(Oc2ccc3c4ccccc4n(-c4cc(C(C)(C)C)ccn4)c3c2)cc(N2CN(c3cccc(C(C)(C)C)c3)c3ccc(C(C)(C)C)cc32)c1. The van der Waals surface area contributed by atoms with Gasteiger partial charge in [0.05, 0.1) is 22.4 Å². The van der Waals surface area contributed by atoms with Gasteiger partial charge in [0, 0.05) is 40.5 Å². The minimum atomic E-state index is -0.0166. The Bertz CT molecular complexity index is 2970. The molecule has 3 heterocycles. The van der Waals surface area contributed by atoms with Gasteiger partial charge in [-0.3, -0.25) is 4.57 Å². The number of anilines is 4. The fourth-order valence-electron chi connectivity index (χ4n) is 8.93. The summed E-state index contributed by atoms with van der Waals surface area (Å²) in [6.45, 7) is 25.7. The maximum absolute atomic E-state index is 7.07. The summed E-state index contributed by atoms with van der Waals surface area (Å²) < 4.78 is 9.35. The van der Waals surface area contributed by atoms with Gasteiger partial charge < -0.3 is 14.5 Å². The Labute approximate surface area is 368 Å². The molecule has 1 aliphatic heterocycles. The van der Waals surface area contributed by atoms with E-state index in [1.54, 1.807) is 0 Å². The van der Waals surface area contributed by atoms with Crippen LogP contribution in [0.4, 0.5) is 22.7 Å². The molecule has 1 aliphatic rings. The number of rotatable bonds is 7. The number of para-hydroxylation sites is 1. The topological polar surface area (TPSA) is 33.5 Å². The largest absolute Gasteiger partial charge is 0.457 e. The van der Waals surface area contributed by atoms with Crippen molar-refractivity contribution in [2.45, 2.75) is 98.3 Å². The summed E-state index contributed by atoms with van der Waals surface area (Å²) in [6, 6.07) is 51.1. The summed E-state index contributed by atoms with van der Waals surface area (Å²) in [5, 5.41) is 2.35. The zero-order valence-electron chi connectivity index (χ0n) is 38.3. The summed E-state index contributed by atoms with van der Waals surface area (Å²) in [5.41, 5.74) is 14.3. The Morgan fingerprint density at radius 1 is 0.516 bits per heavy atom. The van der Waals surface area contributed by atoms with E-state index in [2.05, 4.69) is 230 Å². The van der Waals surface area contributed by atoms with Gasteiger partial charge in [-0.1, -0.05) is 137 Å². The average molecular weight is 817 g/mol. The zero-order valence-corrected chi connectivity index (χ0v) is 38.3. The predicted octanol–water partition coefficient (Wildman–Crippen LogP) is 15.9. The number of aromatic nitrogens is 2. The molecule has 0 radical (unpaired) electrons. The highest BCUT2D eigenvalue weighted by atomic mass is 16.5. The molecular formula is C57H60N4O.